The normalized spacial score (nSPS) is 15.5. The first kappa shape index (κ1) is 16.3. The van der Waals surface area contributed by atoms with Crippen molar-refractivity contribution in [3.05, 3.63) is 47.0 Å². The van der Waals surface area contributed by atoms with E-state index in [-0.39, 0.29) is 4.90 Å². The van der Waals surface area contributed by atoms with Crippen molar-refractivity contribution in [1.29, 1.82) is 0 Å². The molecule has 0 fully saturated rings. The topological polar surface area (TPSA) is 64.6 Å². The average Bonchev–Trinajstić information content (AvgIpc) is 3.23. The molecule has 0 aromatic heterocycles. The molecule has 0 amide bonds. The Bertz CT molecular complexity index is 885. The summed E-state index contributed by atoms with van der Waals surface area (Å²) in [6.07, 6.45) is 1.44. The Hall–Kier alpha value is -2.21. The Morgan fingerprint density at radius 2 is 1.76 bits per heavy atom. The van der Waals surface area contributed by atoms with E-state index in [4.69, 9.17) is 9.47 Å². The summed E-state index contributed by atoms with van der Waals surface area (Å²) >= 11 is 0. The average molecular weight is 359 g/mol. The van der Waals surface area contributed by atoms with Gasteiger partial charge in [0, 0.05) is 24.0 Å². The Labute approximate surface area is 148 Å². The summed E-state index contributed by atoms with van der Waals surface area (Å²) in [6, 6.07) is 8.99. The Morgan fingerprint density at radius 3 is 2.48 bits per heavy atom. The van der Waals surface area contributed by atoms with Gasteiger partial charge in [-0.05, 0) is 29.7 Å². The first-order chi connectivity index (χ1) is 12.0. The van der Waals surface area contributed by atoms with Crippen molar-refractivity contribution in [2.45, 2.75) is 37.5 Å². The van der Waals surface area contributed by atoms with Gasteiger partial charge in [-0.1, -0.05) is 26.0 Å². The van der Waals surface area contributed by atoms with Gasteiger partial charge in [0.05, 0.1) is 23.8 Å². The summed E-state index contributed by atoms with van der Waals surface area (Å²) in [5.41, 5.74) is 3.52. The van der Waals surface area contributed by atoms with Crippen LogP contribution < -0.4 is 14.2 Å². The van der Waals surface area contributed by atoms with Gasteiger partial charge in [-0.2, -0.15) is 0 Å². The highest BCUT2D eigenvalue weighted by Crippen LogP contribution is 2.45. The third kappa shape index (κ3) is 2.84. The summed E-state index contributed by atoms with van der Waals surface area (Å²) in [4.78, 5) is 0.250. The highest BCUT2D eigenvalue weighted by Gasteiger charge is 2.29. The fourth-order valence-corrected chi connectivity index (χ4v) is 4.42. The van der Waals surface area contributed by atoms with Crippen LogP contribution in [0.1, 0.15) is 36.5 Å². The minimum Gasteiger partial charge on any atom is -0.493 e. The summed E-state index contributed by atoms with van der Waals surface area (Å²) in [7, 11) is -3.68. The molecule has 4 rings (SSSR count). The number of hydrogen-bond donors (Lipinski definition) is 1. The van der Waals surface area contributed by atoms with Crippen LogP contribution in [0, 0.1) is 0 Å². The molecule has 6 heteroatoms. The second-order valence-electron chi connectivity index (χ2n) is 6.74. The summed E-state index contributed by atoms with van der Waals surface area (Å²) in [5, 5.41) is 0. The highest BCUT2D eigenvalue weighted by atomic mass is 32.2. The molecule has 0 aliphatic carbocycles. The predicted octanol–water partition coefficient (Wildman–Crippen LogP) is 3.48. The summed E-state index contributed by atoms with van der Waals surface area (Å²) in [6.45, 7) is 5.29. The van der Waals surface area contributed by atoms with Crippen LogP contribution in [0.4, 0.5) is 5.69 Å². The number of benzene rings is 2. The molecule has 0 saturated carbocycles. The highest BCUT2D eigenvalue weighted by molar-refractivity contribution is 7.92. The van der Waals surface area contributed by atoms with Gasteiger partial charge in [0.15, 0.2) is 0 Å². The smallest absolute Gasteiger partial charge is 0.262 e. The molecule has 0 spiro atoms. The molecule has 2 heterocycles. The Morgan fingerprint density at radius 1 is 1.04 bits per heavy atom. The van der Waals surface area contributed by atoms with Crippen LogP contribution >= 0.6 is 0 Å². The van der Waals surface area contributed by atoms with Gasteiger partial charge in [0.2, 0.25) is 0 Å². The van der Waals surface area contributed by atoms with Crippen LogP contribution in [-0.2, 0) is 22.9 Å². The number of rotatable bonds is 4. The van der Waals surface area contributed by atoms with E-state index in [0.29, 0.717) is 37.0 Å². The monoisotopic (exact) mass is 359 g/mol. The lowest BCUT2D eigenvalue weighted by Gasteiger charge is -2.15. The van der Waals surface area contributed by atoms with Crippen molar-refractivity contribution in [2.24, 2.45) is 0 Å². The molecule has 0 atom stereocenters. The first-order valence-corrected chi connectivity index (χ1v) is 10.0. The lowest BCUT2D eigenvalue weighted by atomic mass is 10.0. The summed E-state index contributed by atoms with van der Waals surface area (Å²) in [5.74, 6) is 1.76. The number of hydrogen-bond acceptors (Lipinski definition) is 4. The maximum Gasteiger partial charge on any atom is 0.262 e. The van der Waals surface area contributed by atoms with Crippen molar-refractivity contribution in [2.75, 3.05) is 17.9 Å². The van der Waals surface area contributed by atoms with E-state index in [1.165, 1.54) is 0 Å². The summed E-state index contributed by atoms with van der Waals surface area (Å²) < 4.78 is 39.8. The Kier molecular flexibility index (Phi) is 3.87. The predicted molar refractivity (Wildman–Crippen MR) is 96.2 cm³/mol. The van der Waals surface area contributed by atoms with Crippen LogP contribution in [0.25, 0.3) is 0 Å². The fraction of sp³-hybridized carbons (Fsp3) is 0.368. The molecule has 25 heavy (non-hydrogen) atoms. The zero-order valence-corrected chi connectivity index (χ0v) is 15.2. The van der Waals surface area contributed by atoms with E-state index in [1.54, 1.807) is 12.1 Å². The molecule has 0 bridgehead atoms. The lowest BCUT2D eigenvalue weighted by molar-refractivity contribution is 0.356. The van der Waals surface area contributed by atoms with E-state index in [0.717, 1.165) is 28.9 Å². The van der Waals surface area contributed by atoms with Crippen LogP contribution in [-0.4, -0.2) is 21.6 Å². The third-order valence-corrected chi connectivity index (χ3v) is 6.11. The van der Waals surface area contributed by atoms with Crippen LogP contribution in [0.3, 0.4) is 0 Å². The standard InChI is InChI=1S/C19H21NO4S/c1-12(2)13-3-5-15(6-4-13)25(21,22)20-18-16-8-10-23-17(16)11-14-7-9-24-19(14)18/h3-6,11-12,20H,7-10H2,1-2H3. The molecule has 132 valence electrons. The van der Waals surface area contributed by atoms with E-state index >= 15 is 0 Å². The van der Waals surface area contributed by atoms with Gasteiger partial charge in [-0.15, -0.1) is 0 Å². The largest absolute Gasteiger partial charge is 0.493 e. The van der Waals surface area contributed by atoms with E-state index in [9.17, 15) is 8.42 Å². The molecular formula is C19H21NO4S. The van der Waals surface area contributed by atoms with Gasteiger partial charge in [-0.3, -0.25) is 4.72 Å². The molecule has 2 aromatic carbocycles. The van der Waals surface area contributed by atoms with Gasteiger partial charge in [-0.25, -0.2) is 8.42 Å². The van der Waals surface area contributed by atoms with E-state index in [1.807, 2.05) is 18.2 Å². The van der Waals surface area contributed by atoms with Crippen molar-refractivity contribution in [1.82, 2.24) is 0 Å². The van der Waals surface area contributed by atoms with Gasteiger partial charge >= 0.3 is 0 Å². The lowest BCUT2D eigenvalue weighted by Crippen LogP contribution is -2.15. The van der Waals surface area contributed by atoms with Crippen LogP contribution in [0.2, 0.25) is 0 Å². The maximum atomic E-state index is 12.9. The maximum absolute atomic E-state index is 12.9. The number of ether oxygens (including phenoxy) is 2. The molecule has 0 radical (unpaired) electrons. The Balaban J connectivity index is 1.72. The third-order valence-electron chi connectivity index (χ3n) is 4.74. The van der Waals surface area contributed by atoms with Crippen molar-refractivity contribution in [3.8, 4) is 11.5 Å². The van der Waals surface area contributed by atoms with Gasteiger partial charge in [0.25, 0.3) is 10.0 Å². The fourth-order valence-electron chi connectivity index (χ4n) is 3.32. The second kappa shape index (κ2) is 5.95. The van der Waals surface area contributed by atoms with Gasteiger partial charge < -0.3 is 9.47 Å². The zero-order chi connectivity index (χ0) is 17.6. The molecule has 5 nitrogen and oxygen atoms in total. The molecule has 0 unspecified atom stereocenters. The number of anilines is 1. The SMILES string of the molecule is CC(C)c1ccc(S(=O)(=O)Nc2c3c(cc4c2OCC4)OCC3)cc1. The number of nitrogens with one attached hydrogen (secondary N) is 1. The number of fused-ring (bicyclic) bond motifs is 2. The zero-order valence-electron chi connectivity index (χ0n) is 14.3. The first-order valence-electron chi connectivity index (χ1n) is 8.53. The number of sulfonamides is 1. The second-order valence-corrected chi connectivity index (χ2v) is 8.43. The van der Waals surface area contributed by atoms with Crippen molar-refractivity contribution >= 4 is 15.7 Å². The molecular weight excluding hydrogens is 338 g/mol. The van der Waals surface area contributed by atoms with Crippen LogP contribution in [0.5, 0.6) is 11.5 Å². The molecule has 2 aliphatic rings. The van der Waals surface area contributed by atoms with E-state index < -0.39 is 10.0 Å². The van der Waals surface area contributed by atoms with Crippen LogP contribution in [0.15, 0.2) is 35.2 Å². The molecule has 2 aliphatic heterocycles. The van der Waals surface area contributed by atoms with Gasteiger partial charge in [0.1, 0.15) is 11.5 Å². The van der Waals surface area contributed by atoms with Crippen molar-refractivity contribution < 1.29 is 17.9 Å². The molecule has 2 aromatic rings. The minimum atomic E-state index is -3.68. The van der Waals surface area contributed by atoms with E-state index in [2.05, 4.69) is 18.6 Å². The molecule has 1 N–H and O–H groups in total. The van der Waals surface area contributed by atoms with Crippen molar-refractivity contribution in [3.63, 3.8) is 0 Å². The quantitative estimate of drug-likeness (QED) is 0.908. The minimum absolute atomic E-state index is 0.250. The molecule has 0 saturated heterocycles.